The van der Waals surface area contributed by atoms with Crippen LogP contribution in [0.3, 0.4) is 0 Å². The lowest BCUT2D eigenvalue weighted by molar-refractivity contribution is -0.141. The van der Waals surface area contributed by atoms with Crippen molar-refractivity contribution in [2.24, 2.45) is 11.8 Å². The molecule has 3 saturated heterocycles. The quantitative estimate of drug-likeness (QED) is 0.319. The smallest absolute Gasteiger partial charge is 0.248 e. The van der Waals surface area contributed by atoms with Crippen LogP contribution in [0.1, 0.15) is 53.9 Å². The molecule has 3 aliphatic rings. The van der Waals surface area contributed by atoms with Gasteiger partial charge in [0.25, 0.3) is 0 Å². The maximum absolute atomic E-state index is 14.3. The van der Waals surface area contributed by atoms with Gasteiger partial charge in [-0.1, -0.05) is 6.92 Å². The Morgan fingerprint density at radius 1 is 1.00 bits per heavy atom. The number of amides is 3. The average Bonchev–Trinajstić information content (AvgIpc) is 3.57. The molecule has 3 amide bonds. The van der Waals surface area contributed by atoms with Gasteiger partial charge in [0.15, 0.2) is 0 Å². The molecule has 2 bridgehead atoms. The second kappa shape index (κ2) is 12.4. The fraction of sp³-hybridized carbons (Fsp3) is 0.545. The lowest BCUT2D eigenvalue weighted by Crippen LogP contribution is -2.54. The van der Waals surface area contributed by atoms with E-state index in [-0.39, 0.29) is 24.3 Å². The number of hydrogen-bond acceptors (Lipinski definition) is 7. The molecule has 3 aliphatic heterocycles. The van der Waals surface area contributed by atoms with E-state index in [9.17, 15) is 19.5 Å². The number of anilines is 3. The molecule has 10 heteroatoms. The number of likely N-dealkylation sites (tertiary alicyclic amines) is 1. The number of nitrogens with one attached hydrogen (secondary N) is 2. The third-order valence-electron chi connectivity index (χ3n) is 9.52. The van der Waals surface area contributed by atoms with Crippen LogP contribution in [0.25, 0.3) is 0 Å². The highest BCUT2D eigenvalue weighted by Gasteiger charge is 2.77. The molecule has 3 N–H and O–H groups in total. The number of rotatable bonds is 12. The molecule has 3 heterocycles. The van der Waals surface area contributed by atoms with Crippen LogP contribution >= 0.6 is 11.8 Å². The summed E-state index contributed by atoms with van der Waals surface area (Å²) < 4.78 is 4.27. The minimum absolute atomic E-state index is 0.218. The molecule has 5 rings (SSSR count). The molecule has 0 aliphatic carbocycles. The molecule has 2 aromatic carbocycles. The van der Waals surface area contributed by atoms with Crippen LogP contribution in [0.4, 0.5) is 17.1 Å². The van der Waals surface area contributed by atoms with E-state index in [0.717, 1.165) is 30.9 Å². The molecular weight excluding hydrogens is 564 g/mol. The summed E-state index contributed by atoms with van der Waals surface area (Å²) in [6.45, 7) is 12.1. The number of aliphatic hydroxyl groups excluding tert-OH is 1. The average molecular weight is 609 g/mol. The number of fused-ring (bicyclic) bond motifs is 1. The Balaban J connectivity index is 1.45. The fourth-order valence-electron chi connectivity index (χ4n) is 7.45. The first-order valence-electron chi connectivity index (χ1n) is 15.5. The molecular formula is C33H44N4O5S. The van der Waals surface area contributed by atoms with Crippen LogP contribution in [0, 0.1) is 11.8 Å². The summed E-state index contributed by atoms with van der Waals surface area (Å²) in [7, 11) is 0. The third-order valence-corrected chi connectivity index (χ3v) is 11.5. The van der Waals surface area contributed by atoms with Gasteiger partial charge in [-0.05, 0) is 95.5 Å². The van der Waals surface area contributed by atoms with E-state index in [0.29, 0.717) is 30.8 Å². The van der Waals surface area contributed by atoms with Gasteiger partial charge in [-0.25, -0.2) is 0 Å². The fourth-order valence-corrected chi connectivity index (χ4v) is 9.79. The van der Waals surface area contributed by atoms with E-state index in [1.54, 1.807) is 28.8 Å². The van der Waals surface area contributed by atoms with Crippen molar-refractivity contribution in [3.63, 3.8) is 0 Å². The molecule has 2 aromatic rings. The second-order valence-corrected chi connectivity index (χ2v) is 13.8. The summed E-state index contributed by atoms with van der Waals surface area (Å²) in [5, 5.41) is 16.4. The first-order valence-corrected chi connectivity index (χ1v) is 16.3. The Bertz CT molecular complexity index is 1330. The lowest BCUT2D eigenvalue weighted by atomic mass is 9.66. The predicted molar refractivity (Wildman–Crippen MR) is 172 cm³/mol. The van der Waals surface area contributed by atoms with E-state index < -0.39 is 33.4 Å². The van der Waals surface area contributed by atoms with Gasteiger partial charge in [0.1, 0.15) is 11.8 Å². The van der Waals surface area contributed by atoms with Crippen LogP contribution in [0.15, 0.2) is 48.5 Å². The van der Waals surface area contributed by atoms with E-state index in [1.807, 2.05) is 50.2 Å². The molecule has 43 heavy (non-hydrogen) atoms. The minimum atomic E-state index is -0.806. The van der Waals surface area contributed by atoms with Gasteiger partial charge in [-0.15, -0.1) is 11.8 Å². The number of aliphatic hydroxyl groups is 1. The van der Waals surface area contributed by atoms with Gasteiger partial charge < -0.3 is 30.3 Å². The van der Waals surface area contributed by atoms with E-state index in [1.165, 1.54) is 0 Å². The van der Waals surface area contributed by atoms with Gasteiger partial charge >= 0.3 is 0 Å². The van der Waals surface area contributed by atoms with Crippen molar-refractivity contribution in [2.45, 2.75) is 75.5 Å². The van der Waals surface area contributed by atoms with Crippen LogP contribution in [0.5, 0.6) is 5.75 Å². The number of benzene rings is 2. The van der Waals surface area contributed by atoms with Gasteiger partial charge in [0.2, 0.25) is 17.7 Å². The monoisotopic (exact) mass is 608 g/mol. The van der Waals surface area contributed by atoms with Gasteiger partial charge in [0, 0.05) is 34.9 Å². The van der Waals surface area contributed by atoms with Crippen molar-refractivity contribution in [3.8, 4) is 5.75 Å². The molecule has 6 atom stereocenters. The van der Waals surface area contributed by atoms with Gasteiger partial charge in [-0.3, -0.25) is 14.4 Å². The summed E-state index contributed by atoms with van der Waals surface area (Å²) in [4.78, 5) is 46.3. The number of thioether (sulfide) groups is 1. The first-order chi connectivity index (χ1) is 20.7. The highest BCUT2D eigenvalue weighted by atomic mass is 32.2. The first kappa shape index (κ1) is 31.2. The summed E-state index contributed by atoms with van der Waals surface area (Å²) in [5.41, 5.74) is 2.36. The van der Waals surface area contributed by atoms with E-state index in [4.69, 9.17) is 4.74 Å². The summed E-state index contributed by atoms with van der Waals surface area (Å²) >= 11 is 1.62. The van der Waals surface area contributed by atoms with Crippen LogP contribution in [-0.4, -0.2) is 75.6 Å². The minimum Gasteiger partial charge on any atom is -0.494 e. The highest BCUT2D eigenvalue weighted by molar-refractivity contribution is 8.02. The van der Waals surface area contributed by atoms with Crippen LogP contribution in [-0.2, 0) is 14.4 Å². The normalized spacial score (nSPS) is 28.0. The Morgan fingerprint density at radius 2 is 1.60 bits per heavy atom. The zero-order valence-electron chi connectivity index (χ0n) is 25.8. The van der Waals surface area contributed by atoms with Crippen LogP contribution in [0.2, 0.25) is 0 Å². The largest absolute Gasteiger partial charge is 0.494 e. The number of hydrogen-bond donors (Lipinski definition) is 3. The molecule has 232 valence electrons. The van der Waals surface area contributed by atoms with Crippen molar-refractivity contribution in [2.75, 3.05) is 41.8 Å². The van der Waals surface area contributed by atoms with Crippen molar-refractivity contribution in [1.29, 1.82) is 0 Å². The van der Waals surface area contributed by atoms with Crippen molar-refractivity contribution in [3.05, 3.63) is 48.5 Å². The number of carbonyl (C=O) groups is 3. The maximum atomic E-state index is 14.3. The lowest BCUT2D eigenvalue weighted by Gasteiger charge is -2.36. The van der Waals surface area contributed by atoms with Crippen molar-refractivity contribution in [1.82, 2.24) is 4.90 Å². The zero-order chi connectivity index (χ0) is 30.9. The molecule has 0 saturated carbocycles. The van der Waals surface area contributed by atoms with Gasteiger partial charge in [0.05, 0.1) is 35.8 Å². The van der Waals surface area contributed by atoms with Gasteiger partial charge in [-0.2, -0.15) is 0 Å². The Labute approximate surface area is 258 Å². The van der Waals surface area contributed by atoms with Crippen molar-refractivity contribution >= 4 is 46.5 Å². The predicted octanol–water partition coefficient (Wildman–Crippen LogP) is 4.76. The molecule has 0 radical (unpaired) electrons. The summed E-state index contributed by atoms with van der Waals surface area (Å²) in [5.74, 6) is -1.28. The summed E-state index contributed by atoms with van der Waals surface area (Å²) in [6, 6.07) is 13.6. The number of ether oxygens (including phenoxy) is 1. The standard InChI is InChI=1S/C33H44N4O5S/c1-6-23(20-38)37-28(30(40)35-21-10-14-24(15-11-21)36(7-2)8-3)33-19-18-32(5,43-33)26(27(33)31(37)41)29(39)34-22-12-16-25(17-13-22)42-9-4/h10-17,23,26-28,38H,6-9,18-20H2,1-5H3,(H,34,39)(H,35,40)/t23-,26+,27-,28?,32-,33?/m0/s1. The Kier molecular flexibility index (Phi) is 9.00. The SMILES string of the molecule is CCOc1ccc(NC(=O)[C@H]2[C@H]3C(=O)N([C@@H](CC)CO)C(C(=O)Nc4ccc(N(CC)CC)cc4)C34CC[C@]2(C)S4)cc1. The van der Waals surface area contributed by atoms with Crippen LogP contribution < -0.4 is 20.3 Å². The molecule has 1 spiro atoms. The molecule has 0 aromatic heterocycles. The Hall–Kier alpha value is -3.24. The third kappa shape index (κ3) is 5.37. The molecule has 2 unspecified atom stereocenters. The molecule has 3 fully saturated rings. The second-order valence-electron chi connectivity index (χ2n) is 11.9. The summed E-state index contributed by atoms with van der Waals surface area (Å²) in [6.07, 6.45) is 1.86. The topological polar surface area (TPSA) is 111 Å². The number of carbonyl (C=O) groups excluding carboxylic acids is 3. The highest BCUT2D eigenvalue weighted by Crippen LogP contribution is 2.71. The number of nitrogens with zero attached hydrogens (tertiary/aromatic N) is 2. The van der Waals surface area contributed by atoms with E-state index in [2.05, 4.69) is 36.3 Å². The Morgan fingerprint density at radius 3 is 2.16 bits per heavy atom. The van der Waals surface area contributed by atoms with E-state index >= 15 is 0 Å². The van der Waals surface area contributed by atoms with Crippen molar-refractivity contribution < 1.29 is 24.2 Å². The molecule has 9 nitrogen and oxygen atoms in total. The zero-order valence-corrected chi connectivity index (χ0v) is 26.6. The maximum Gasteiger partial charge on any atom is 0.248 e.